The zero-order valence-electron chi connectivity index (χ0n) is 18.8. The minimum absolute atomic E-state index is 0.0766. The molecule has 31 heavy (non-hydrogen) atoms. The summed E-state index contributed by atoms with van der Waals surface area (Å²) in [6, 6.07) is 21.3. The second kappa shape index (κ2) is 9.26. The van der Waals surface area contributed by atoms with Crippen LogP contribution in [0.4, 0.5) is 0 Å². The Hall–Kier alpha value is -2.61. The third-order valence-electron chi connectivity index (χ3n) is 7.66. The van der Waals surface area contributed by atoms with Gasteiger partial charge in [0.05, 0.1) is 0 Å². The second-order valence-electron chi connectivity index (χ2n) is 9.33. The van der Waals surface area contributed by atoms with Gasteiger partial charge in [0.1, 0.15) is 0 Å². The Kier molecular flexibility index (Phi) is 6.46. The number of carbonyl (C=O) groups excluding carboxylic acids is 1. The molecule has 2 aromatic rings. The molecule has 3 unspecified atom stereocenters. The van der Waals surface area contributed by atoms with Crippen molar-refractivity contribution in [2.45, 2.75) is 58.3 Å². The van der Waals surface area contributed by atoms with E-state index < -0.39 is 0 Å². The minimum Gasteiger partial charge on any atom is -0.369 e. The highest BCUT2D eigenvalue weighted by molar-refractivity contribution is 5.92. The van der Waals surface area contributed by atoms with Crippen LogP contribution in [0.25, 0.3) is 11.1 Å². The number of rotatable bonds is 9. The molecule has 0 heterocycles. The van der Waals surface area contributed by atoms with Crippen LogP contribution in [0.1, 0.15) is 69.4 Å². The number of primary amides is 1. The highest BCUT2D eigenvalue weighted by atomic mass is 16.1. The van der Waals surface area contributed by atoms with Crippen LogP contribution < -0.4 is 5.73 Å². The molecule has 0 spiro atoms. The van der Waals surface area contributed by atoms with Crippen molar-refractivity contribution in [2.24, 2.45) is 23.0 Å². The smallest absolute Gasteiger partial charge is 0.220 e. The largest absolute Gasteiger partial charge is 0.369 e. The van der Waals surface area contributed by atoms with Crippen molar-refractivity contribution in [1.82, 2.24) is 0 Å². The minimum atomic E-state index is -0.206. The van der Waals surface area contributed by atoms with E-state index in [-0.39, 0.29) is 23.2 Å². The molecule has 1 amide bonds. The van der Waals surface area contributed by atoms with E-state index in [1.807, 2.05) is 0 Å². The number of benzene rings is 2. The number of hydrogen-bond donors (Lipinski definition) is 1. The van der Waals surface area contributed by atoms with Gasteiger partial charge in [0.25, 0.3) is 0 Å². The topological polar surface area (TPSA) is 43.1 Å². The van der Waals surface area contributed by atoms with E-state index in [2.05, 4.69) is 74.2 Å². The van der Waals surface area contributed by atoms with Crippen LogP contribution in [0, 0.1) is 17.3 Å². The first kappa shape index (κ1) is 21.6. The molecule has 2 aliphatic carbocycles. The maximum Gasteiger partial charge on any atom is 0.220 e. The number of nitrogens with two attached hydrogens (primary N) is 1. The first-order chi connectivity index (χ1) is 15.1. The summed E-state index contributed by atoms with van der Waals surface area (Å²) in [5, 5.41) is 0. The summed E-state index contributed by atoms with van der Waals surface area (Å²) in [5.41, 5.74) is 12.3. The Labute approximate surface area is 187 Å². The Bertz CT molecular complexity index is 959. The molecule has 0 radical (unpaired) electrons. The van der Waals surface area contributed by atoms with Gasteiger partial charge in [-0.1, -0.05) is 99.0 Å². The molecule has 0 aliphatic heterocycles. The van der Waals surface area contributed by atoms with Gasteiger partial charge in [-0.3, -0.25) is 4.79 Å². The fraction of sp³-hybridized carbons (Fsp3) is 0.414. The van der Waals surface area contributed by atoms with Gasteiger partial charge < -0.3 is 5.73 Å². The SMILES string of the molecule is C=C(c1ccccc1)C12CCC(C(N)=O)C1CC(CCCCCC)=C2c1ccccc1. The third-order valence-corrected chi connectivity index (χ3v) is 7.66. The lowest BCUT2D eigenvalue weighted by atomic mass is 9.65. The summed E-state index contributed by atoms with van der Waals surface area (Å²) < 4.78 is 0. The maximum atomic E-state index is 12.5. The maximum absolute atomic E-state index is 12.5. The second-order valence-corrected chi connectivity index (χ2v) is 9.33. The first-order valence-electron chi connectivity index (χ1n) is 11.9. The molecule has 2 nitrogen and oxygen atoms in total. The van der Waals surface area contributed by atoms with E-state index in [0.717, 1.165) is 31.3 Å². The third kappa shape index (κ3) is 3.89. The number of amides is 1. The molecule has 0 aromatic heterocycles. The standard InChI is InChI=1S/C29H35NO/c1-3-4-5-8-17-24-20-26-25(28(30)31)18-19-29(26,21(2)22-13-9-6-10-14-22)27(24)23-15-11-7-12-16-23/h6-7,9-16,25-26H,2-5,8,17-20H2,1H3,(H2,30,31). The number of carbonyl (C=O) groups is 1. The van der Waals surface area contributed by atoms with Gasteiger partial charge in [-0.15, -0.1) is 0 Å². The lowest BCUT2D eigenvalue weighted by Gasteiger charge is -2.37. The van der Waals surface area contributed by atoms with Crippen molar-refractivity contribution in [3.63, 3.8) is 0 Å². The lowest BCUT2D eigenvalue weighted by Crippen LogP contribution is -2.32. The van der Waals surface area contributed by atoms with Gasteiger partial charge in [0, 0.05) is 11.3 Å². The number of unbranched alkanes of at least 4 members (excludes halogenated alkanes) is 3. The molecule has 4 rings (SSSR count). The van der Waals surface area contributed by atoms with Crippen LogP contribution in [0.15, 0.2) is 72.8 Å². The van der Waals surface area contributed by atoms with Crippen molar-refractivity contribution in [1.29, 1.82) is 0 Å². The summed E-state index contributed by atoms with van der Waals surface area (Å²) in [6.07, 6.45) is 8.87. The van der Waals surface area contributed by atoms with Crippen LogP contribution in [-0.2, 0) is 4.79 Å². The van der Waals surface area contributed by atoms with Gasteiger partial charge in [0.15, 0.2) is 0 Å². The van der Waals surface area contributed by atoms with E-state index >= 15 is 0 Å². The average molecular weight is 414 g/mol. The monoisotopic (exact) mass is 413 g/mol. The van der Waals surface area contributed by atoms with Crippen molar-refractivity contribution in [3.8, 4) is 0 Å². The van der Waals surface area contributed by atoms with E-state index in [4.69, 9.17) is 5.73 Å². The quantitative estimate of drug-likeness (QED) is 0.441. The molecule has 2 heteroatoms. The molecule has 162 valence electrons. The van der Waals surface area contributed by atoms with Crippen LogP contribution >= 0.6 is 0 Å². The van der Waals surface area contributed by atoms with Crippen LogP contribution in [0.2, 0.25) is 0 Å². The van der Waals surface area contributed by atoms with E-state index in [1.54, 1.807) is 0 Å². The predicted octanol–water partition coefficient (Wildman–Crippen LogP) is 7.03. The van der Waals surface area contributed by atoms with Gasteiger partial charge in [-0.05, 0) is 60.3 Å². The summed E-state index contributed by atoms with van der Waals surface area (Å²) in [6.45, 7) is 6.92. The Balaban J connectivity index is 1.83. The number of allylic oxidation sites excluding steroid dienone is 3. The fourth-order valence-corrected chi connectivity index (χ4v) is 6.24. The van der Waals surface area contributed by atoms with Crippen LogP contribution in [0.5, 0.6) is 0 Å². The molecule has 0 bridgehead atoms. The summed E-state index contributed by atoms with van der Waals surface area (Å²) in [7, 11) is 0. The molecular weight excluding hydrogens is 378 g/mol. The number of hydrogen-bond acceptors (Lipinski definition) is 1. The van der Waals surface area contributed by atoms with Crippen molar-refractivity contribution >= 4 is 17.1 Å². The zero-order valence-corrected chi connectivity index (χ0v) is 18.8. The Morgan fingerprint density at radius 2 is 1.71 bits per heavy atom. The zero-order chi connectivity index (χ0) is 21.8. The van der Waals surface area contributed by atoms with Gasteiger partial charge in [-0.2, -0.15) is 0 Å². The van der Waals surface area contributed by atoms with Crippen molar-refractivity contribution < 1.29 is 4.79 Å². The highest BCUT2D eigenvalue weighted by Crippen LogP contribution is 2.67. The Morgan fingerprint density at radius 1 is 1.03 bits per heavy atom. The van der Waals surface area contributed by atoms with Gasteiger partial charge >= 0.3 is 0 Å². The Morgan fingerprint density at radius 3 is 2.35 bits per heavy atom. The van der Waals surface area contributed by atoms with E-state index in [1.165, 1.54) is 48.0 Å². The molecule has 1 fully saturated rings. The molecule has 1 saturated carbocycles. The highest BCUT2D eigenvalue weighted by Gasteiger charge is 2.58. The molecule has 2 aromatic carbocycles. The van der Waals surface area contributed by atoms with Crippen LogP contribution in [0.3, 0.4) is 0 Å². The van der Waals surface area contributed by atoms with Gasteiger partial charge in [0.2, 0.25) is 5.91 Å². The summed E-state index contributed by atoms with van der Waals surface area (Å²) >= 11 is 0. The lowest BCUT2D eigenvalue weighted by molar-refractivity contribution is -0.123. The molecule has 2 N–H and O–H groups in total. The summed E-state index contributed by atoms with van der Waals surface area (Å²) in [5.74, 6) is -0.00575. The van der Waals surface area contributed by atoms with E-state index in [0.29, 0.717) is 0 Å². The van der Waals surface area contributed by atoms with E-state index in [9.17, 15) is 4.79 Å². The molecule has 2 aliphatic rings. The fourth-order valence-electron chi connectivity index (χ4n) is 6.24. The normalized spacial score (nSPS) is 24.9. The van der Waals surface area contributed by atoms with Crippen LogP contribution in [-0.4, -0.2) is 5.91 Å². The summed E-state index contributed by atoms with van der Waals surface area (Å²) in [4.78, 5) is 12.5. The van der Waals surface area contributed by atoms with Crippen molar-refractivity contribution in [2.75, 3.05) is 0 Å². The number of fused-ring (bicyclic) bond motifs is 1. The molecule has 3 atom stereocenters. The van der Waals surface area contributed by atoms with Crippen molar-refractivity contribution in [3.05, 3.63) is 83.9 Å². The molecular formula is C29H35NO. The predicted molar refractivity (Wildman–Crippen MR) is 130 cm³/mol. The molecule has 0 saturated heterocycles. The first-order valence-corrected chi connectivity index (χ1v) is 11.9. The van der Waals surface area contributed by atoms with Gasteiger partial charge in [-0.25, -0.2) is 0 Å². The average Bonchev–Trinajstić information content (AvgIpc) is 3.32.